The van der Waals surface area contributed by atoms with Crippen molar-refractivity contribution < 1.29 is 9.90 Å². The highest BCUT2D eigenvalue weighted by molar-refractivity contribution is 5.75. The molecule has 2 aromatic rings. The fourth-order valence-electron chi connectivity index (χ4n) is 3.92. The maximum Gasteiger partial charge on any atom is 0.317 e. The number of fused-ring (bicyclic) bond motifs is 1. The van der Waals surface area contributed by atoms with Crippen molar-refractivity contribution in [2.45, 2.75) is 25.3 Å². The third-order valence-corrected chi connectivity index (χ3v) is 5.46. The van der Waals surface area contributed by atoms with Gasteiger partial charge in [-0.05, 0) is 54.7 Å². The van der Waals surface area contributed by atoms with Crippen molar-refractivity contribution >= 4 is 11.7 Å². The summed E-state index contributed by atoms with van der Waals surface area (Å²) >= 11 is 0. The van der Waals surface area contributed by atoms with Gasteiger partial charge in [-0.3, -0.25) is 0 Å². The Hall–Kier alpha value is -2.69. The van der Waals surface area contributed by atoms with Crippen LogP contribution in [0.15, 0.2) is 48.5 Å². The maximum atomic E-state index is 12.6. The number of carbonyl (C=O) groups excluding carboxylic acids is 1. The fraction of sp³-hybridized carbons (Fsp3) is 0.381. The summed E-state index contributed by atoms with van der Waals surface area (Å²) in [5, 5.41) is 12.6. The molecule has 4 rings (SSSR count). The number of carbonyl (C=O) groups is 1. The zero-order chi connectivity index (χ0) is 17.9. The van der Waals surface area contributed by atoms with Gasteiger partial charge in [0.25, 0.3) is 0 Å². The van der Waals surface area contributed by atoms with E-state index in [0.29, 0.717) is 0 Å². The van der Waals surface area contributed by atoms with E-state index in [1.54, 1.807) is 12.1 Å². The van der Waals surface area contributed by atoms with Crippen LogP contribution in [0.4, 0.5) is 10.5 Å². The van der Waals surface area contributed by atoms with E-state index < -0.39 is 0 Å². The van der Waals surface area contributed by atoms with E-state index in [9.17, 15) is 9.90 Å². The molecule has 1 atom stereocenters. The van der Waals surface area contributed by atoms with Crippen LogP contribution in [0, 0.1) is 0 Å². The fourth-order valence-corrected chi connectivity index (χ4v) is 3.92. The normalized spacial score (nSPS) is 19.8. The molecule has 1 saturated heterocycles. The first-order valence-corrected chi connectivity index (χ1v) is 9.35. The Kier molecular flexibility index (Phi) is 4.69. The number of phenols is 1. The van der Waals surface area contributed by atoms with E-state index in [1.807, 2.05) is 17.0 Å². The minimum Gasteiger partial charge on any atom is -0.508 e. The molecule has 0 spiro atoms. The molecule has 1 aliphatic heterocycles. The third-order valence-electron chi connectivity index (χ3n) is 5.46. The second-order valence-corrected chi connectivity index (χ2v) is 7.15. The molecule has 136 valence electrons. The van der Waals surface area contributed by atoms with E-state index in [4.69, 9.17) is 0 Å². The van der Waals surface area contributed by atoms with Crippen LogP contribution in [0.5, 0.6) is 5.75 Å². The Morgan fingerprint density at radius 2 is 1.65 bits per heavy atom. The molecular formula is C21H25N3O2. The van der Waals surface area contributed by atoms with E-state index in [1.165, 1.54) is 11.1 Å². The Morgan fingerprint density at radius 1 is 0.962 bits per heavy atom. The number of piperazine rings is 1. The van der Waals surface area contributed by atoms with Gasteiger partial charge in [-0.2, -0.15) is 0 Å². The second-order valence-electron chi connectivity index (χ2n) is 7.15. The van der Waals surface area contributed by atoms with Crippen molar-refractivity contribution in [3.63, 3.8) is 0 Å². The quantitative estimate of drug-likeness (QED) is 0.875. The molecule has 2 amide bonds. The lowest BCUT2D eigenvalue weighted by Gasteiger charge is -2.37. The van der Waals surface area contributed by atoms with Crippen LogP contribution < -0.4 is 10.2 Å². The molecule has 0 radical (unpaired) electrons. The van der Waals surface area contributed by atoms with Gasteiger partial charge in [-0.15, -0.1) is 0 Å². The van der Waals surface area contributed by atoms with Gasteiger partial charge in [0.05, 0.1) is 0 Å². The smallest absolute Gasteiger partial charge is 0.317 e. The summed E-state index contributed by atoms with van der Waals surface area (Å²) in [5.74, 6) is 0.279. The molecule has 1 aliphatic carbocycles. The number of nitrogens with zero attached hydrogens (tertiary/aromatic N) is 2. The summed E-state index contributed by atoms with van der Waals surface area (Å²) in [4.78, 5) is 16.8. The summed E-state index contributed by atoms with van der Waals surface area (Å²) in [6, 6.07) is 16.1. The predicted molar refractivity (Wildman–Crippen MR) is 103 cm³/mol. The molecule has 0 unspecified atom stereocenters. The predicted octanol–water partition coefficient (Wildman–Crippen LogP) is 2.78. The Labute approximate surface area is 154 Å². The zero-order valence-electron chi connectivity index (χ0n) is 14.9. The van der Waals surface area contributed by atoms with Crippen molar-refractivity contribution in [2.24, 2.45) is 0 Å². The molecule has 26 heavy (non-hydrogen) atoms. The van der Waals surface area contributed by atoms with Crippen LogP contribution in [0.1, 0.15) is 17.5 Å². The standard InChI is InChI=1S/C21H25N3O2/c25-20-9-7-19(8-10-20)23-11-13-24(14-12-23)21(26)22-18-6-5-16-3-1-2-4-17(16)15-18/h1-4,7-10,18,25H,5-6,11-15H2,(H,22,26)/t18-/m0/s1. The van der Waals surface area contributed by atoms with Crippen molar-refractivity contribution in [3.8, 4) is 5.75 Å². The van der Waals surface area contributed by atoms with Gasteiger partial charge in [0.15, 0.2) is 0 Å². The first-order chi connectivity index (χ1) is 12.7. The van der Waals surface area contributed by atoms with E-state index in [2.05, 4.69) is 34.5 Å². The first kappa shape index (κ1) is 16.8. The van der Waals surface area contributed by atoms with E-state index in [0.717, 1.165) is 51.1 Å². The van der Waals surface area contributed by atoms with Gasteiger partial charge in [-0.25, -0.2) is 4.79 Å². The number of aryl methyl sites for hydroxylation is 1. The molecule has 0 aromatic heterocycles. The minimum absolute atomic E-state index is 0.0553. The Balaban J connectivity index is 1.29. The minimum atomic E-state index is 0.0553. The van der Waals surface area contributed by atoms with Crippen LogP contribution in [0.3, 0.4) is 0 Å². The summed E-state index contributed by atoms with van der Waals surface area (Å²) < 4.78 is 0. The number of hydrogen-bond donors (Lipinski definition) is 2. The molecule has 0 bridgehead atoms. The largest absolute Gasteiger partial charge is 0.508 e. The number of anilines is 1. The molecular weight excluding hydrogens is 326 g/mol. The number of hydrogen-bond acceptors (Lipinski definition) is 3. The van der Waals surface area contributed by atoms with Crippen LogP contribution in [-0.4, -0.2) is 48.3 Å². The Bertz CT molecular complexity index is 767. The number of benzene rings is 2. The molecule has 5 nitrogen and oxygen atoms in total. The Morgan fingerprint density at radius 3 is 2.38 bits per heavy atom. The number of rotatable bonds is 2. The summed E-state index contributed by atoms with van der Waals surface area (Å²) in [6.07, 6.45) is 2.97. The van der Waals surface area contributed by atoms with E-state index >= 15 is 0 Å². The van der Waals surface area contributed by atoms with Gasteiger partial charge < -0.3 is 20.2 Å². The van der Waals surface area contributed by atoms with Crippen LogP contribution >= 0.6 is 0 Å². The van der Waals surface area contributed by atoms with Crippen molar-refractivity contribution in [1.82, 2.24) is 10.2 Å². The third kappa shape index (κ3) is 3.62. The molecule has 0 saturated carbocycles. The van der Waals surface area contributed by atoms with Gasteiger partial charge >= 0.3 is 6.03 Å². The van der Waals surface area contributed by atoms with Crippen LogP contribution in [0.2, 0.25) is 0 Å². The average molecular weight is 351 g/mol. The zero-order valence-corrected chi connectivity index (χ0v) is 14.9. The van der Waals surface area contributed by atoms with Gasteiger partial charge in [0.2, 0.25) is 0 Å². The monoisotopic (exact) mass is 351 g/mol. The molecule has 5 heteroatoms. The highest BCUT2D eigenvalue weighted by Gasteiger charge is 2.25. The van der Waals surface area contributed by atoms with Crippen molar-refractivity contribution in [1.29, 1.82) is 0 Å². The second kappa shape index (κ2) is 7.28. The summed E-state index contributed by atoms with van der Waals surface area (Å²) in [6.45, 7) is 3.06. The number of urea groups is 1. The average Bonchev–Trinajstić information content (AvgIpc) is 2.68. The van der Waals surface area contributed by atoms with E-state index in [-0.39, 0.29) is 17.8 Å². The van der Waals surface area contributed by atoms with Gasteiger partial charge in [-0.1, -0.05) is 24.3 Å². The van der Waals surface area contributed by atoms with Gasteiger partial charge in [0.1, 0.15) is 5.75 Å². The first-order valence-electron chi connectivity index (χ1n) is 9.35. The van der Waals surface area contributed by atoms with Crippen molar-refractivity contribution in [3.05, 3.63) is 59.7 Å². The van der Waals surface area contributed by atoms with Crippen LogP contribution in [-0.2, 0) is 12.8 Å². The molecule has 1 heterocycles. The molecule has 2 aromatic carbocycles. The lowest BCUT2D eigenvalue weighted by molar-refractivity contribution is 0.189. The SMILES string of the molecule is O=C(N[C@H]1CCc2ccccc2C1)N1CCN(c2ccc(O)cc2)CC1. The lowest BCUT2D eigenvalue weighted by Crippen LogP contribution is -2.54. The number of aromatic hydroxyl groups is 1. The molecule has 2 aliphatic rings. The van der Waals surface area contributed by atoms with Gasteiger partial charge in [0, 0.05) is 37.9 Å². The molecule has 1 fully saturated rings. The molecule has 2 N–H and O–H groups in total. The summed E-state index contributed by atoms with van der Waals surface area (Å²) in [7, 11) is 0. The number of amides is 2. The maximum absolute atomic E-state index is 12.6. The highest BCUT2D eigenvalue weighted by Crippen LogP contribution is 2.22. The van der Waals surface area contributed by atoms with Crippen molar-refractivity contribution in [2.75, 3.05) is 31.1 Å². The lowest BCUT2D eigenvalue weighted by atomic mass is 9.88. The highest BCUT2D eigenvalue weighted by atomic mass is 16.3. The number of phenolic OH excluding ortho intramolecular Hbond substituents is 1. The summed E-state index contributed by atoms with van der Waals surface area (Å²) in [5.41, 5.74) is 3.87. The number of nitrogens with one attached hydrogen (secondary N) is 1. The topological polar surface area (TPSA) is 55.8 Å². The van der Waals surface area contributed by atoms with Crippen LogP contribution in [0.25, 0.3) is 0 Å².